The van der Waals surface area contributed by atoms with Crippen molar-refractivity contribution in [1.29, 1.82) is 0 Å². The summed E-state index contributed by atoms with van der Waals surface area (Å²) in [6.07, 6.45) is 1.06. The van der Waals surface area contributed by atoms with Crippen LogP contribution in [0, 0.1) is 0 Å². The third-order valence-electron chi connectivity index (χ3n) is 3.26. The second-order valence-corrected chi connectivity index (χ2v) is 4.63. The van der Waals surface area contributed by atoms with Crippen LogP contribution in [0.4, 0.5) is 0 Å². The molecule has 3 heteroatoms. The molecular formula is C15H24N2O. The molecule has 18 heavy (non-hydrogen) atoms. The molecule has 1 atom stereocenters. The summed E-state index contributed by atoms with van der Waals surface area (Å²) in [5, 5.41) is 3.26. The van der Waals surface area contributed by atoms with Crippen LogP contribution >= 0.6 is 0 Å². The van der Waals surface area contributed by atoms with Crippen LogP contribution in [0.2, 0.25) is 0 Å². The number of aryl methyl sites for hydroxylation is 1. The van der Waals surface area contributed by atoms with E-state index in [1.165, 1.54) is 11.1 Å². The van der Waals surface area contributed by atoms with Crippen LogP contribution in [0.3, 0.4) is 0 Å². The molecule has 1 amide bonds. The summed E-state index contributed by atoms with van der Waals surface area (Å²) in [5.41, 5.74) is 2.56. The molecule has 1 N–H and O–H groups in total. The van der Waals surface area contributed by atoms with E-state index >= 15 is 0 Å². The number of carbonyl (C=O) groups excluding carboxylic acids is 1. The quantitative estimate of drug-likeness (QED) is 0.837. The fourth-order valence-electron chi connectivity index (χ4n) is 1.74. The first-order chi connectivity index (χ1) is 8.58. The van der Waals surface area contributed by atoms with Gasteiger partial charge in [0.25, 0.3) is 0 Å². The lowest BCUT2D eigenvalue weighted by atomic mass is 10.1. The highest BCUT2D eigenvalue weighted by Gasteiger charge is 2.15. The summed E-state index contributed by atoms with van der Waals surface area (Å²) >= 11 is 0. The van der Waals surface area contributed by atoms with Gasteiger partial charge in [0.1, 0.15) is 0 Å². The van der Waals surface area contributed by atoms with Crippen LogP contribution in [0.25, 0.3) is 0 Å². The predicted molar refractivity (Wildman–Crippen MR) is 75.4 cm³/mol. The van der Waals surface area contributed by atoms with Gasteiger partial charge >= 0.3 is 0 Å². The summed E-state index contributed by atoms with van der Waals surface area (Å²) in [6.45, 7) is 7.52. The van der Waals surface area contributed by atoms with Gasteiger partial charge in [-0.2, -0.15) is 0 Å². The Morgan fingerprint density at radius 2 is 1.78 bits per heavy atom. The van der Waals surface area contributed by atoms with Gasteiger partial charge < -0.3 is 10.2 Å². The standard InChI is InChI=1S/C15H24N2O/c1-5-13-7-9-14(10-8-13)11-16-12(3)15(18)17(4)6-2/h7-10,12,16H,5-6,11H2,1-4H3. The maximum Gasteiger partial charge on any atom is 0.239 e. The summed E-state index contributed by atoms with van der Waals surface area (Å²) in [6, 6.07) is 8.38. The van der Waals surface area contributed by atoms with Gasteiger partial charge in [0, 0.05) is 20.1 Å². The minimum atomic E-state index is -0.138. The first-order valence-electron chi connectivity index (χ1n) is 6.64. The second-order valence-electron chi connectivity index (χ2n) is 4.63. The molecule has 100 valence electrons. The third-order valence-corrected chi connectivity index (χ3v) is 3.26. The lowest BCUT2D eigenvalue weighted by Crippen LogP contribution is -2.42. The van der Waals surface area contributed by atoms with Crippen molar-refractivity contribution in [2.45, 2.75) is 39.8 Å². The van der Waals surface area contributed by atoms with Gasteiger partial charge in [-0.3, -0.25) is 4.79 Å². The Hall–Kier alpha value is -1.35. The fraction of sp³-hybridized carbons (Fsp3) is 0.533. The summed E-state index contributed by atoms with van der Waals surface area (Å²) in [5.74, 6) is 0.141. The first kappa shape index (κ1) is 14.7. The first-order valence-corrected chi connectivity index (χ1v) is 6.64. The Kier molecular flexibility index (Phi) is 5.86. The Balaban J connectivity index is 2.46. The Labute approximate surface area is 110 Å². The third kappa shape index (κ3) is 4.15. The van der Waals surface area contributed by atoms with Crippen LogP contribution in [-0.4, -0.2) is 30.4 Å². The summed E-state index contributed by atoms with van der Waals surface area (Å²) in [7, 11) is 1.83. The van der Waals surface area contributed by atoms with Crippen molar-refractivity contribution < 1.29 is 4.79 Å². The molecule has 0 aliphatic rings. The van der Waals surface area contributed by atoms with E-state index in [-0.39, 0.29) is 11.9 Å². The van der Waals surface area contributed by atoms with E-state index in [1.54, 1.807) is 4.90 Å². The van der Waals surface area contributed by atoms with E-state index in [0.717, 1.165) is 19.5 Å². The molecule has 0 aliphatic heterocycles. The lowest BCUT2D eigenvalue weighted by molar-refractivity contribution is -0.131. The Morgan fingerprint density at radius 1 is 1.22 bits per heavy atom. The SMILES string of the molecule is CCc1ccc(CNC(C)C(=O)N(C)CC)cc1. The normalized spacial score (nSPS) is 12.2. The molecule has 1 unspecified atom stereocenters. The molecule has 1 aromatic rings. The highest BCUT2D eigenvalue weighted by molar-refractivity contribution is 5.81. The molecule has 0 fully saturated rings. The minimum absolute atomic E-state index is 0.138. The molecule has 0 radical (unpaired) electrons. The number of rotatable bonds is 6. The van der Waals surface area contributed by atoms with E-state index in [1.807, 2.05) is 20.9 Å². The molecule has 1 rings (SSSR count). The number of nitrogens with zero attached hydrogens (tertiary/aromatic N) is 1. The predicted octanol–water partition coefficient (Wildman–Crippen LogP) is 2.21. The van der Waals surface area contributed by atoms with Crippen LogP contribution in [-0.2, 0) is 17.8 Å². The molecule has 0 saturated heterocycles. The molecule has 0 aliphatic carbocycles. The number of amides is 1. The van der Waals surface area contributed by atoms with Crippen molar-refractivity contribution >= 4 is 5.91 Å². The lowest BCUT2D eigenvalue weighted by Gasteiger charge is -2.20. The summed E-state index contributed by atoms with van der Waals surface area (Å²) < 4.78 is 0. The van der Waals surface area contributed by atoms with Crippen LogP contribution in [0.1, 0.15) is 31.9 Å². The smallest absolute Gasteiger partial charge is 0.239 e. The van der Waals surface area contributed by atoms with Crippen molar-refractivity contribution in [3.63, 3.8) is 0 Å². The van der Waals surface area contributed by atoms with Crippen LogP contribution in [0.15, 0.2) is 24.3 Å². The Morgan fingerprint density at radius 3 is 2.28 bits per heavy atom. The molecule has 0 heterocycles. The van der Waals surface area contributed by atoms with Crippen molar-refractivity contribution in [3.8, 4) is 0 Å². The Bertz CT molecular complexity index is 373. The van der Waals surface area contributed by atoms with Gasteiger partial charge in [0.2, 0.25) is 5.91 Å². The molecular weight excluding hydrogens is 224 g/mol. The average Bonchev–Trinajstić information content (AvgIpc) is 2.43. The molecule has 0 bridgehead atoms. The van der Waals surface area contributed by atoms with Gasteiger partial charge in [0.05, 0.1) is 6.04 Å². The van der Waals surface area contributed by atoms with Gasteiger partial charge in [-0.1, -0.05) is 31.2 Å². The second kappa shape index (κ2) is 7.17. The van der Waals surface area contributed by atoms with Crippen LogP contribution < -0.4 is 5.32 Å². The van der Waals surface area contributed by atoms with Gasteiger partial charge in [-0.05, 0) is 31.4 Å². The van der Waals surface area contributed by atoms with E-state index in [9.17, 15) is 4.79 Å². The molecule has 1 aromatic carbocycles. The van der Waals surface area contributed by atoms with E-state index in [0.29, 0.717) is 0 Å². The maximum absolute atomic E-state index is 11.9. The number of benzene rings is 1. The van der Waals surface area contributed by atoms with Crippen molar-refractivity contribution in [2.24, 2.45) is 0 Å². The largest absolute Gasteiger partial charge is 0.345 e. The number of hydrogen-bond donors (Lipinski definition) is 1. The number of carbonyl (C=O) groups is 1. The number of likely N-dealkylation sites (N-methyl/N-ethyl adjacent to an activating group) is 1. The minimum Gasteiger partial charge on any atom is -0.345 e. The maximum atomic E-state index is 11.9. The van der Waals surface area contributed by atoms with Crippen molar-refractivity contribution in [3.05, 3.63) is 35.4 Å². The molecule has 3 nitrogen and oxygen atoms in total. The zero-order chi connectivity index (χ0) is 13.5. The number of nitrogens with one attached hydrogen (secondary N) is 1. The van der Waals surface area contributed by atoms with Gasteiger partial charge in [-0.15, -0.1) is 0 Å². The highest BCUT2D eigenvalue weighted by atomic mass is 16.2. The van der Waals surface area contributed by atoms with Crippen molar-refractivity contribution in [1.82, 2.24) is 10.2 Å². The van der Waals surface area contributed by atoms with Gasteiger partial charge in [-0.25, -0.2) is 0 Å². The van der Waals surface area contributed by atoms with E-state index < -0.39 is 0 Å². The zero-order valence-corrected chi connectivity index (χ0v) is 11.9. The fourth-order valence-corrected chi connectivity index (χ4v) is 1.74. The van der Waals surface area contributed by atoms with E-state index in [4.69, 9.17) is 0 Å². The topological polar surface area (TPSA) is 32.3 Å². The zero-order valence-electron chi connectivity index (χ0n) is 11.9. The highest BCUT2D eigenvalue weighted by Crippen LogP contribution is 2.05. The van der Waals surface area contributed by atoms with E-state index in [2.05, 4.69) is 36.5 Å². The molecule has 0 saturated carbocycles. The van der Waals surface area contributed by atoms with Crippen LogP contribution in [0.5, 0.6) is 0 Å². The number of hydrogen-bond acceptors (Lipinski definition) is 2. The van der Waals surface area contributed by atoms with Gasteiger partial charge in [0.15, 0.2) is 0 Å². The molecule has 0 aromatic heterocycles. The monoisotopic (exact) mass is 248 g/mol. The molecule has 0 spiro atoms. The average molecular weight is 248 g/mol. The van der Waals surface area contributed by atoms with Crippen molar-refractivity contribution in [2.75, 3.05) is 13.6 Å². The summed E-state index contributed by atoms with van der Waals surface area (Å²) in [4.78, 5) is 13.6.